The van der Waals surface area contributed by atoms with Crippen LogP contribution in [0, 0.1) is 23.4 Å². The number of halogens is 3. The minimum Gasteiger partial charge on any atom is -0.299 e. The van der Waals surface area contributed by atoms with Gasteiger partial charge in [-0.05, 0) is 37.8 Å². The van der Waals surface area contributed by atoms with Crippen LogP contribution >= 0.6 is 0 Å². The van der Waals surface area contributed by atoms with Crippen LogP contribution in [0.5, 0.6) is 0 Å². The molecule has 3 rings (SSSR count). The first kappa shape index (κ1) is 14.8. The number of carbonyl (C=O) groups excluding carboxylic acids is 1. The zero-order valence-corrected chi connectivity index (χ0v) is 12.1. The van der Waals surface area contributed by atoms with Crippen molar-refractivity contribution in [1.82, 2.24) is 0 Å². The van der Waals surface area contributed by atoms with Crippen LogP contribution in [0.4, 0.5) is 13.2 Å². The Balaban J connectivity index is 1.76. The summed E-state index contributed by atoms with van der Waals surface area (Å²) >= 11 is 0. The Hall–Kier alpha value is -1.17. The Morgan fingerprint density at radius 1 is 1.10 bits per heavy atom. The molecule has 2 aliphatic rings. The maximum Gasteiger partial charge on any atom is 0.165 e. The molecule has 0 radical (unpaired) electrons. The lowest BCUT2D eigenvalue weighted by molar-refractivity contribution is -0.122. The van der Waals surface area contributed by atoms with Crippen LogP contribution in [0.3, 0.4) is 0 Å². The summed E-state index contributed by atoms with van der Waals surface area (Å²) in [6, 6.07) is 1.54. The summed E-state index contributed by atoms with van der Waals surface area (Å²) < 4.78 is 52.2. The van der Waals surface area contributed by atoms with Gasteiger partial charge in [0.25, 0.3) is 0 Å². The second kappa shape index (κ2) is 5.55. The van der Waals surface area contributed by atoms with Gasteiger partial charge in [0, 0.05) is 39.2 Å². The number of benzene rings is 1. The van der Waals surface area contributed by atoms with E-state index in [9.17, 15) is 22.2 Å². The number of fused-ring (bicyclic) bond motifs is 2. The Morgan fingerprint density at radius 2 is 1.67 bits per heavy atom. The van der Waals surface area contributed by atoms with Crippen molar-refractivity contribution >= 4 is 16.6 Å². The van der Waals surface area contributed by atoms with Crippen molar-refractivity contribution in [3.8, 4) is 0 Å². The Morgan fingerprint density at radius 3 is 2.29 bits per heavy atom. The topological polar surface area (TPSA) is 34.1 Å². The fraction of sp³-hybridized carbons (Fsp3) is 0.533. The first-order valence-electron chi connectivity index (χ1n) is 7.02. The zero-order chi connectivity index (χ0) is 15.1. The molecule has 0 amide bonds. The van der Waals surface area contributed by atoms with Crippen molar-refractivity contribution in [3.05, 3.63) is 35.1 Å². The molecule has 21 heavy (non-hydrogen) atoms. The van der Waals surface area contributed by atoms with Crippen LogP contribution in [-0.4, -0.2) is 20.5 Å². The van der Waals surface area contributed by atoms with Gasteiger partial charge in [-0.2, -0.15) is 0 Å². The molecule has 0 aromatic heterocycles. The van der Waals surface area contributed by atoms with Crippen LogP contribution < -0.4 is 0 Å². The molecule has 2 aliphatic heterocycles. The molecule has 0 N–H and O–H groups in total. The Labute approximate surface area is 123 Å². The van der Waals surface area contributed by atoms with E-state index in [1.807, 2.05) is 0 Å². The minimum absolute atomic E-state index is 0.0277. The number of carbonyl (C=O) groups is 1. The molecule has 0 spiro atoms. The minimum atomic E-state index is -1.29. The first-order chi connectivity index (χ1) is 9.97. The van der Waals surface area contributed by atoms with Crippen LogP contribution in [0.25, 0.3) is 0 Å². The first-order valence-corrected chi connectivity index (χ1v) is 8.29. The summed E-state index contributed by atoms with van der Waals surface area (Å²) in [5.74, 6) is -3.94. The molecular weight excluding hydrogens is 301 g/mol. The zero-order valence-electron chi connectivity index (χ0n) is 11.3. The maximum atomic E-state index is 13.6. The predicted octanol–water partition coefficient (Wildman–Crippen LogP) is 2.91. The van der Waals surface area contributed by atoms with Crippen molar-refractivity contribution in [2.75, 3.05) is 0 Å². The molecule has 114 valence electrons. The molecule has 2 unspecified atom stereocenters. The highest BCUT2D eigenvalue weighted by Gasteiger charge is 2.42. The van der Waals surface area contributed by atoms with Gasteiger partial charge in [0.1, 0.15) is 11.6 Å². The number of hydrogen-bond acceptors (Lipinski definition) is 2. The lowest BCUT2D eigenvalue weighted by atomic mass is 9.90. The van der Waals surface area contributed by atoms with Crippen molar-refractivity contribution in [1.29, 1.82) is 0 Å². The molecule has 2 saturated heterocycles. The lowest BCUT2D eigenvalue weighted by Crippen LogP contribution is -2.33. The van der Waals surface area contributed by atoms with Gasteiger partial charge in [0.15, 0.2) is 11.6 Å². The third-order valence-electron chi connectivity index (χ3n) is 4.51. The van der Waals surface area contributed by atoms with Crippen molar-refractivity contribution in [2.24, 2.45) is 5.92 Å². The van der Waals surface area contributed by atoms with Crippen LogP contribution in [0.1, 0.15) is 31.2 Å². The molecule has 2 atom stereocenters. The highest BCUT2D eigenvalue weighted by atomic mass is 32.2. The van der Waals surface area contributed by atoms with Gasteiger partial charge in [-0.3, -0.25) is 9.00 Å². The van der Waals surface area contributed by atoms with E-state index >= 15 is 0 Å². The quantitative estimate of drug-likeness (QED) is 0.804. The summed E-state index contributed by atoms with van der Waals surface area (Å²) in [6.45, 7) is 0. The van der Waals surface area contributed by atoms with E-state index in [2.05, 4.69) is 0 Å². The molecular formula is C15H15F3O2S. The monoisotopic (exact) mass is 316 g/mol. The summed E-state index contributed by atoms with van der Waals surface area (Å²) in [7, 11) is -0.875. The maximum absolute atomic E-state index is 13.6. The van der Waals surface area contributed by atoms with Gasteiger partial charge in [-0.25, -0.2) is 13.2 Å². The smallest absolute Gasteiger partial charge is 0.165 e. The van der Waals surface area contributed by atoms with E-state index in [0.29, 0.717) is 18.9 Å². The van der Waals surface area contributed by atoms with E-state index in [1.54, 1.807) is 0 Å². The number of ketones is 1. The summed E-state index contributed by atoms with van der Waals surface area (Å²) in [6.07, 6.45) is 2.29. The fourth-order valence-corrected chi connectivity index (χ4v) is 5.47. The number of Topliss-reactive ketones (excluding diaryl/α,β-unsaturated/α-hetero) is 1. The Kier molecular flexibility index (Phi) is 3.90. The molecule has 0 aliphatic carbocycles. The molecule has 1 aromatic carbocycles. The van der Waals surface area contributed by atoms with E-state index in [0.717, 1.165) is 18.9 Å². The average Bonchev–Trinajstić information content (AvgIpc) is 2.68. The van der Waals surface area contributed by atoms with Gasteiger partial charge in [0.2, 0.25) is 0 Å². The van der Waals surface area contributed by atoms with Gasteiger partial charge in [-0.15, -0.1) is 0 Å². The molecule has 0 saturated carbocycles. The summed E-state index contributed by atoms with van der Waals surface area (Å²) in [5, 5.41) is 0.0554. The lowest BCUT2D eigenvalue weighted by Gasteiger charge is -2.26. The average molecular weight is 316 g/mol. The van der Waals surface area contributed by atoms with Gasteiger partial charge in [0.05, 0.1) is 0 Å². The van der Waals surface area contributed by atoms with Crippen LogP contribution in [0.2, 0.25) is 0 Å². The van der Waals surface area contributed by atoms with Crippen LogP contribution in [0.15, 0.2) is 12.1 Å². The third kappa shape index (κ3) is 2.65. The van der Waals surface area contributed by atoms with Crippen molar-refractivity contribution in [2.45, 2.75) is 42.6 Å². The van der Waals surface area contributed by atoms with Crippen LogP contribution in [-0.2, 0) is 22.0 Å². The Bertz CT molecular complexity index is 601. The SMILES string of the molecule is O=C(Cc1c(F)ccc(F)c1F)C1CC2CCC(C1)S2=O. The molecule has 6 heteroatoms. The second-order valence-electron chi connectivity index (χ2n) is 5.78. The standard InChI is InChI=1S/C15H15F3O2S/c16-12-3-4-13(17)15(18)11(12)7-14(19)8-5-9-1-2-10(6-8)21(9)20/h3-4,8-10H,1-2,5-7H2. The molecule has 2 nitrogen and oxygen atoms in total. The number of hydrogen-bond donors (Lipinski definition) is 0. The van der Waals surface area contributed by atoms with Gasteiger partial charge in [-0.1, -0.05) is 0 Å². The highest BCUT2D eigenvalue weighted by Crippen LogP contribution is 2.39. The van der Waals surface area contributed by atoms with Crippen molar-refractivity contribution < 1.29 is 22.2 Å². The highest BCUT2D eigenvalue weighted by molar-refractivity contribution is 7.86. The molecule has 2 fully saturated rings. The van der Waals surface area contributed by atoms with E-state index in [1.165, 1.54) is 0 Å². The summed E-state index contributed by atoms with van der Waals surface area (Å²) in [4.78, 5) is 12.3. The van der Waals surface area contributed by atoms with Gasteiger partial charge >= 0.3 is 0 Å². The third-order valence-corrected chi connectivity index (χ3v) is 6.68. The molecule has 2 bridgehead atoms. The second-order valence-corrected chi connectivity index (χ2v) is 7.77. The summed E-state index contributed by atoms with van der Waals surface area (Å²) in [5.41, 5.74) is -0.501. The molecule has 1 aromatic rings. The van der Waals surface area contributed by atoms with E-state index in [-0.39, 0.29) is 22.2 Å². The number of rotatable bonds is 3. The van der Waals surface area contributed by atoms with Gasteiger partial charge < -0.3 is 0 Å². The van der Waals surface area contributed by atoms with E-state index < -0.39 is 40.2 Å². The van der Waals surface area contributed by atoms with E-state index in [4.69, 9.17) is 0 Å². The van der Waals surface area contributed by atoms with Crippen molar-refractivity contribution in [3.63, 3.8) is 0 Å². The normalized spacial score (nSPS) is 31.4. The predicted molar refractivity (Wildman–Crippen MR) is 72.7 cm³/mol. The fourth-order valence-electron chi connectivity index (χ4n) is 3.35. The largest absolute Gasteiger partial charge is 0.299 e. The molecule has 2 heterocycles.